The Hall–Kier alpha value is -1.31. The van der Waals surface area contributed by atoms with Gasteiger partial charge in [0.1, 0.15) is 6.04 Å². The molecule has 1 saturated heterocycles. The maximum atomic E-state index is 12.1. The predicted octanol–water partition coefficient (Wildman–Crippen LogP) is 3.14. The van der Waals surface area contributed by atoms with Crippen LogP contribution in [0.2, 0.25) is 0 Å². The van der Waals surface area contributed by atoms with Crippen LogP contribution in [0.15, 0.2) is 53.7 Å². The highest BCUT2D eigenvalue weighted by atomic mass is 35.5. The van der Waals surface area contributed by atoms with Crippen LogP contribution < -0.4 is 10.6 Å². The van der Waals surface area contributed by atoms with Crippen molar-refractivity contribution in [3.05, 3.63) is 54.4 Å². The lowest BCUT2D eigenvalue weighted by Crippen LogP contribution is -2.48. The molecule has 0 bridgehead atoms. The van der Waals surface area contributed by atoms with Gasteiger partial charge in [-0.15, -0.1) is 36.6 Å². The number of pyridine rings is 1. The first kappa shape index (κ1) is 21.7. The van der Waals surface area contributed by atoms with E-state index in [2.05, 4.69) is 21.7 Å². The number of benzene rings is 1. The molecule has 1 aromatic carbocycles. The molecule has 0 aliphatic carbocycles. The summed E-state index contributed by atoms with van der Waals surface area (Å²) >= 11 is 1.74. The van der Waals surface area contributed by atoms with Crippen molar-refractivity contribution in [2.24, 2.45) is 0 Å². The van der Waals surface area contributed by atoms with E-state index in [4.69, 9.17) is 4.74 Å². The van der Waals surface area contributed by atoms with Crippen LogP contribution in [0.1, 0.15) is 5.56 Å². The van der Waals surface area contributed by atoms with E-state index >= 15 is 0 Å². The Morgan fingerprint density at radius 2 is 2.08 bits per heavy atom. The molecule has 0 radical (unpaired) electrons. The average Bonchev–Trinajstić information content (AvgIpc) is 2.63. The van der Waals surface area contributed by atoms with Crippen LogP contribution in [-0.2, 0) is 15.3 Å². The van der Waals surface area contributed by atoms with Crippen molar-refractivity contribution in [1.29, 1.82) is 0 Å². The van der Waals surface area contributed by atoms with E-state index in [1.54, 1.807) is 18.0 Å². The zero-order valence-electron chi connectivity index (χ0n) is 13.5. The molecule has 1 fully saturated rings. The summed E-state index contributed by atoms with van der Waals surface area (Å²) in [7, 11) is 0. The van der Waals surface area contributed by atoms with E-state index in [-0.39, 0.29) is 36.8 Å². The van der Waals surface area contributed by atoms with E-state index in [0.717, 1.165) is 16.3 Å². The fraction of sp³-hybridized carbons (Fsp3) is 0.294. The minimum absolute atomic E-state index is 0. The summed E-state index contributed by atoms with van der Waals surface area (Å²) in [4.78, 5) is 17.4. The van der Waals surface area contributed by atoms with E-state index in [0.29, 0.717) is 19.8 Å². The Bertz CT molecular complexity index is 638. The number of thioether (sulfide) groups is 1. The summed E-state index contributed by atoms with van der Waals surface area (Å²) < 4.78 is 5.30. The number of nitrogens with zero attached hydrogens (tertiary/aromatic N) is 1. The summed E-state index contributed by atoms with van der Waals surface area (Å²) in [5, 5.41) is 6.05. The summed E-state index contributed by atoms with van der Waals surface area (Å²) in [6.07, 6.45) is 3.65. The number of amides is 1. The van der Waals surface area contributed by atoms with Gasteiger partial charge in [0.2, 0.25) is 5.91 Å². The van der Waals surface area contributed by atoms with Gasteiger partial charge in [-0.2, -0.15) is 0 Å². The highest BCUT2D eigenvalue weighted by Crippen LogP contribution is 2.24. The minimum Gasteiger partial charge on any atom is -0.378 e. The number of morpholine rings is 1. The van der Waals surface area contributed by atoms with Gasteiger partial charge in [-0.25, -0.2) is 0 Å². The van der Waals surface area contributed by atoms with Crippen LogP contribution in [0.5, 0.6) is 0 Å². The monoisotopic (exact) mass is 401 g/mol. The maximum absolute atomic E-state index is 12.1. The molecule has 3 rings (SSSR count). The van der Waals surface area contributed by atoms with Gasteiger partial charge >= 0.3 is 0 Å². The SMILES string of the molecule is Cl.Cl.O=C(Nc1ccc(SCc2cccnc2)cc1)C1COCCN1. The van der Waals surface area contributed by atoms with Gasteiger partial charge in [-0.05, 0) is 35.9 Å². The Kier molecular flexibility index (Phi) is 9.85. The fourth-order valence-electron chi connectivity index (χ4n) is 2.25. The normalized spacial score (nSPS) is 16.2. The molecule has 1 aliphatic heterocycles. The highest BCUT2D eigenvalue weighted by Gasteiger charge is 2.20. The Labute approximate surface area is 164 Å². The third-order valence-corrected chi connectivity index (χ3v) is 4.57. The van der Waals surface area contributed by atoms with Crippen molar-refractivity contribution in [1.82, 2.24) is 10.3 Å². The summed E-state index contributed by atoms with van der Waals surface area (Å²) in [6.45, 7) is 1.79. The largest absolute Gasteiger partial charge is 0.378 e. The van der Waals surface area contributed by atoms with Crippen molar-refractivity contribution in [3.8, 4) is 0 Å². The number of nitrogens with one attached hydrogen (secondary N) is 2. The molecular weight excluding hydrogens is 381 g/mol. The van der Waals surface area contributed by atoms with Gasteiger partial charge in [0.15, 0.2) is 0 Å². The first-order valence-corrected chi connectivity index (χ1v) is 8.53. The van der Waals surface area contributed by atoms with E-state index < -0.39 is 0 Å². The topological polar surface area (TPSA) is 63.2 Å². The highest BCUT2D eigenvalue weighted by molar-refractivity contribution is 7.98. The number of hydrogen-bond donors (Lipinski definition) is 2. The summed E-state index contributed by atoms with van der Waals surface area (Å²) in [6, 6.07) is 11.6. The lowest BCUT2D eigenvalue weighted by atomic mass is 10.2. The van der Waals surface area contributed by atoms with Crippen LogP contribution in [0.4, 0.5) is 5.69 Å². The molecule has 1 aliphatic rings. The molecule has 1 atom stereocenters. The van der Waals surface area contributed by atoms with Gasteiger partial charge in [-0.1, -0.05) is 6.07 Å². The molecule has 5 nitrogen and oxygen atoms in total. The number of rotatable bonds is 5. The van der Waals surface area contributed by atoms with Gasteiger partial charge < -0.3 is 15.4 Å². The molecule has 0 saturated carbocycles. The third kappa shape index (κ3) is 6.84. The van der Waals surface area contributed by atoms with Gasteiger partial charge in [0.05, 0.1) is 13.2 Å². The van der Waals surface area contributed by atoms with Crippen molar-refractivity contribution < 1.29 is 9.53 Å². The molecular formula is C17H21Cl2N3O2S. The molecule has 2 N–H and O–H groups in total. The first-order chi connectivity index (χ1) is 11.3. The molecule has 8 heteroatoms. The van der Waals surface area contributed by atoms with Crippen LogP contribution in [0.3, 0.4) is 0 Å². The zero-order valence-corrected chi connectivity index (χ0v) is 16.0. The van der Waals surface area contributed by atoms with Crippen molar-refractivity contribution in [3.63, 3.8) is 0 Å². The second-order valence-electron chi connectivity index (χ2n) is 5.25. The van der Waals surface area contributed by atoms with E-state index in [1.165, 1.54) is 5.56 Å². The lowest BCUT2D eigenvalue weighted by molar-refractivity contribution is -0.120. The molecule has 0 spiro atoms. The van der Waals surface area contributed by atoms with Crippen LogP contribution in [0, 0.1) is 0 Å². The number of carbonyl (C=O) groups is 1. The Morgan fingerprint density at radius 1 is 1.28 bits per heavy atom. The van der Waals surface area contributed by atoms with Gasteiger partial charge in [0, 0.05) is 35.3 Å². The molecule has 25 heavy (non-hydrogen) atoms. The number of anilines is 1. The molecule has 1 aromatic heterocycles. The number of carbonyl (C=O) groups excluding carboxylic acids is 1. The van der Waals surface area contributed by atoms with E-state index in [9.17, 15) is 4.79 Å². The third-order valence-electron chi connectivity index (χ3n) is 3.49. The number of halogens is 2. The maximum Gasteiger partial charge on any atom is 0.243 e. The summed E-state index contributed by atoms with van der Waals surface area (Å²) in [5.74, 6) is 0.823. The second-order valence-corrected chi connectivity index (χ2v) is 6.29. The number of hydrogen-bond acceptors (Lipinski definition) is 5. The van der Waals surface area contributed by atoms with Crippen molar-refractivity contribution in [2.75, 3.05) is 25.1 Å². The Balaban J connectivity index is 0.00000156. The molecule has 2 aromatic rings. The van der Waals surface area contributed by atoms with Crippen LogP contribution in [0.25, 0.3) is 0 Å². The van der Waals surface area contributed by atoms with Crippen LogP contribution >= 0.6 is 36.6 Å². The van der Waals surface area contributed by atoms with Gasteiger partial charge in [-0.3, -0.25) is 9.78 Å². The molecule has 1 amide bonds. The van der Waals surface area contributed by atoms with E-state index in [1.807, 2.05) is 36.5 Å². The molecule has 2 heterocycles. The number of aromatic nitrogens is 1. The standard InChI is InChI=1S/C17H19N3O2S.2ClH/c21-17(16-11-22-9-8-19-16)20-14-3-5-15(6-4-14)23-12-13-2-1-7-18-10-13;;/h1-7,10,16,19H,8-9,11-12H2,(H,20,21);2*1H. The second kappa shape index (κ2) is 11.3. The lowest BCUT2D eigenvalue weighted by Gasteiger charge is -2.22. The quantitative estimate of drug-likeness (QED) is 0.753. The minimum atomic E-state index is -0.275. The first-order valence-electron chi connectivity index (χ1n) is 7.55. The smallest absolute Gasteiger partial charge is 0.243 e. The number of ether oxygens (including phenoxy) is 1. The molecule has 136 valence electrons. The van der Waals surface area contributed by atoms with Crippen molar-refractivity contribution in [2.45, 2.75) is 16.7 Å². The van der Waals surface area contributed by atoms with Crippen molar-refractivity contribution >= 4 is 48.2 Å². The van der Waals surface area contributed by atoms with Crippen LogP contribution in [-0.4, -0.2) is 36.7 Å². The summed E-state index contributed by atoms with van der Waals surface area (Å²) in [5.41, 5.74) is 1.99. The fourth-order valence-corrected chi connectivity index (χ4v) is 3.08. The predicted molar refractivity (Wildman–Crippen MR) is 106 cm³/mol. The Morgan fingerprint density at radius 3 is 2.72 bits per heavy atom. The molecule has 1 unspecified atom stereocenters. The zero-order chi connectivity index (χ0) is 15.9. The average molecular weight is 402 g/mol. The van der Waals surface area contributed by atoms with Gasteiger partial charge in [0.25, 0.3) is 0 Å².